The first-order chi connectivity index (χ1) is 6.05. The second-order valence-corrected chi connectivity index (χ2v) is 9.14. The summed E-state index contributed by atoms with van der Waals surface area (Å²) in [7, 11) is -1.69. The summed E-state index contributed by atoms with van der Waals surface area (Å²) in [5, 5.41) is 9.45. The van der Waals surface area contributed by atoms with E-state index in [9.17, 15) is 5.11 Å². The summed E-state index contributed by atoms with van der Waals surface area (Å²) in [5.41, 5.74) is 0. The lowest BCUT2D eigenvalue weighted by molar-refractivity contribution is 0.436. The molecule has 1 aromatic rings. The van der Waals surface area contributed by atoms with E-state index in [1.807, 2.05) is 6.07 Å². The number of hydrogen-bond donors (Lipinski definition) is 1. The van der Waals surface area contributed by atoms with Crippen molar-refractivity contribution in [3.8, 4) is 11.5 Å². The molecule has 0 amide bonds. The highest BCUT2D eigenvalue weighted by Gasteiger charge is 2.23. The molecule has 0 heterocycles. The predicted octanol–water partition coefficient (Wildman–Crippen LogP) is 2.91. The second kappa shape index (κ2) is 4.15. The van der Waals surface area contributed by atoms with Gasteiger partial charge in [0.2, 0.25) is 0 Å². The highest BCUT2D eigenvalue weighted by Crippen LogP contribution is 2.27. The van der Waals surface area contributed by atoms with Gasteiger partial charge in [0.25, 0.3) is 8.32 Å². The van der Waals surface area contributed by atoms with Gasteiger partial charge in [0.1, 0.15) is 5.75 Å². The number of halogens is 1. The summed E-state index contributed by atoms with van der Waals surface area (Å²) < 4.78 is 5.72. The van der Waals surface area contributed by atoms with Crippen molar-refractivity contribution in [1.82, 2.24) is 0 Å². The Hall–Kier alpha value is -0.483. The van der Waals surface area contributed by atoms with Crippen LogP contribution in [0.5, 0.6) is 11.5 Å². The van der Waals surface area contributed by atoms with Crippen molar-refractivity contribution in [2.24, 2.45) is 0 Å². The summed E-state index contributed by atoms with van der Waals surface area (Å²) in [5.74, 6) is 0.794. The topological polar surface area (TPSA) is 29.5 Å². The molecule has 0 aliphatic heterocycles. The van der Waals surface area contributed by atoms with Crippen molar-refractivity contribution in [1.29, 1.82) is 0 Å². The molecule has 0 fully saturated rings. The second-order valence-electron chi connectivity index (χ2n) is 3.46. The molecule has 0 aromatic heterocycles. The van der Waals surface area contributed by atoms with Crippen LogP contribution in [0.4, 0.5) is 0 Å². The maximum atomic E-state index is 9.45. The molecule has 0 saturated carbocycles. The predicted molar refractivity (Wildman–Crippen MR) is 60.0 cm³/mol. The number of aromatic hydroxyl groups is 1. The number of benzene rings is 1. The van der Waals surface area contributed by atoms with Crippen molar-refractivity contribution in [3.63, 3.8) is 0 Å². The number of para-hydroxylation sites is 2. The lowest BCUT2D eigenvalue weighted by Gasteiger charge is -2.21. The maximum Gasteiger partial charge on any atom is 0.255 e. The first kappa shape index (κ1) is 10.6. The molecular formula is C9H13BrO2Si. The fourth-order valence-corrected chi connectivity index (χ4v) is 2.03. The van der Waals surface area contributed by atoms with Gasteiger partial charge in [-0.05, 0) is 25.2 Å². The van der Waals surface area contributed by atoms with Gasteiger partial charge in [-0.1, -0.05) is 28.1 Å². The molecule has 0 radical (unpaired) electrons. The van der Waals surface area contributed by atoms with Crippen LogP contribution < -0.4 is 4.43 Å². The van der Waals surface area contributed by atoms with Crippen LogP contribution in [-0.4, -0.2) is 18.4 Å². The summed E-state index contributed by atoms with van der Waals surface area (Å²) in [6, 6.07) is 7.05. The first-order valence-electron chi connectivity index (χ1n) is 4.08. The zero-order valence-electron chi connectivity index (χ0n) is 7.75. The Morgan fingerprint density at radius 2 is 2.00 bits per heavy atom. The Kier molecular flexibility index (Phi) is 3.38. The van der Waals surface area contributed by atoms with Gasteiger partial charge in [0.15, 0.2) is 5.75 Å². The van der Waals surface area contributed by atoms with Crippen LogP contribution in [-0.2, 0) is 0 Å². The van der Waals surface area contributed by atoms with E-state index < -0.39 is 8.32 Å². The fourth-order valence-electron chi connectivity index (χ4n) is 0.868. The van der Waals surface area contributed by atoms with E-state index in [1.165, 1.54) is 0 Å². The highest BCUT2D eigenvalue weighted by molar-refractivity contribution is 9.09. The fraction of sp³-hybridized carbons (Fsp3) is 0.333. The van der Waals surface area contributed by atoms with Gasteiger partial charge in [0.05, 0.1) is 0 Å². The Bertz CT molecular complexity index is 289. The molecule has 0 saturated heterocycles. The summed E-state index contributed by atoms with van der Waals surface area (Å²) in [4.78, 5) is 0.855. The van der Waals surface area contributed by atoms with Gasteiger partial charge < -0.3 is 9.53 Å². The molecule has 0 aliphatic rings. The Balaban J connectivity index is 2.80. The van der Waals surface area contributed by atoms with E-state index in [0.717, 1.165) is 4.95 Å². The van der Waals surface area contributed by atoms with Gasteiger partial charge in [-0.3, -0.25) is 0 Å². The van der Waals surface area contributed by atoms with E-state index >= 15 is 0 Å². The summed E-state index contributed by atoms with van der Waals surface area (Å²) in [6.45, 7) is 4.18. The van der Waals surface area contributed by atoms with Crippen molar-refractivity contribution in [2.75, 3.05) is 4.95 Å². The molecule has 13 heavy (non-hydrogen) atoms. The molecule has 72 valence electrons. The molecular weight excluding hydrogens is 248 g/mol. The minimum atomic E-state index is -1.69. The van der Waals surface area contributed by atoms with E-state index in [-0.39, 0.29) is 5.75 Å². The van der Waals surface area contributed by atoms with Gasteiger partial charge in [-0.25, -0.2) is 0 Å². The van der Waals surface area contributed by atoms with Crippen molar-refractivity contribution >= 4 is 24.2 Å². The molecule has 0 bridgehead atoms. The average Bonchev–Trinajstić information content (AvgIpc) is 2.09. The highest BCUT2D eigenvalue weighted by atomic mass is 79.9. The molecule has 1 N–H and O–H groups in total. The van der Waals surface area contributed by atoms with Crippen LogP contribution in [0, 0.1) is 0 Å². The molecule has 1 rings (SSSR count). The third-order valence-corrected chi connectivity index (χ3v) is 7.04. The number of hydrogen-bond acceptors (Lipinski definition) is 2. The molecule has 0 unspecified atom stereocenters. The van der Waals surface area contributed by atoms with Gasteiger partial charge in [-0.2, -0.15) is 0 Å². The Morgan fingerprint density at radius 3 is 2.54 bits per heavy atom. The zero-order chi connectivity index (χ0) is 9.90. The standard InChI is InChI=1S/C9H13BrO2Si/c1-13(2,7-10)12-9-6-4-3-5-8(9)11/h3-6,11H,7H2,1-2H3. The van der Waals surface area contributed by atoms with Crippen molar-refractivity contribution in [2.45, 2.75) is 13.1 Å². The largest absolute Gasteiger partial charge is 0.541 e. The molecule has 0 spiro atoms. The maximum absolute atomic E-state index is 9.45. The molecule has 2 nitrogen and oxygen atoms in total. The van der Waals surface area contributed by atoms with Crippen LogP contribution in [0.25, 0.3) is 0 Å². The van der Waals surface area contributed by atoms with Gasteiger partial charge >= 0.3 is 0 Å². The minimum absolute atomic E-state index is 0.212. The minimum Gasteiger partial charge on any atom is -0.541 e. The Labute approximate surface area is 87.8 Å². The van der Waals surface area contributed by atoms with E-state index in [0.29, 0.717) is 5.75 Å². The number of alkyl halides is 1. The van der Waals surface area contributed by atoms with Crippen LogP contribution in [0.2, 0.25) is 13.1 Å². The number of rotatable bonds is 3. The van der Waals surface area contributed by atoms with Crippen molar-refractivity contribution < 1.29 is 9.53 Å². The molecule has 1 aromatic carbocycles. The van der Waals surface area contributed by atoms with Gasteiger partial charge in [0, 0.05) is 4.95 Å². The molecule has 4 heteroatoms. The number of phenolic OH excluding ortho intramolecular Hbond substituents is 1. The number of phenols is 1. The third kappa shape index (κ3) is 3.04. The van der Waals surface area contributed by atoms with Crippen LogP contribution >= 0.6 is 15.9 Å². The average molecular weight is 261 g/mol. The first-order valence-corrected chi connectivity index (χ1v) is 8.32. The van der Waals surface area contributed by atoms with Crippen molar-refractivity contribution in [3.05, 3.63) is 24.3 Å². The SMILES string of the molecule is C[Si](C)(CBr)Oc1ccccc1O. The lowest BCUT2D eigenvalue weighted by atomic mass is 10.3. The zero-order valence-corrected chi connectivity index (χ0v) is 10.3. The van der Waals surface area contributed by atoms with Crippen LogP contribution in [0.1, 0.15) is 0 Å². The lowest BCUT2D eigenvalue weighted by Crippen LogP contribution is -2.36. The third-order valence-electron chi connectivity index (χ3n) is 1.57. The smallest absolute Gasteiger partial charge is 0.255 e. The van der Waals surface area contributed by atoms with E-state index in [4.69, 9.17) is 4.43 Å². The molecule has 0 aliphatic carbocycles. The molecule has 0 atom stereocenters. The van der Waals surface area contributed by atoms with Crippen LogP contribution in [0.15, 0.2) is 24.3 Å². The summed E-state index contributed by atoms with van der Waals surface area (Å²) >= 11 is 3.41. The Morgan fingerprint density at radius 1 is 1.38 bits per heavy atom. The van der Waals surface area contributed by atoms with E-state index in [1.54, 1.807) is 18.2 Å². The van der Waals surface area contributed by atoms with E-state index in [2.05, 4.69) is 29.0 Å². The monoisotopic (exact) mass is 260 g/mol. The van der Waals surface area contributed by atoms with Crippen LogP contribution in [0.3, 0.4) is 0 Å². The normalized spacial score (nSPS) is 11.3. The van der Waals surface area contributed by atoms with Gasteiger partial charge in [-0.15, -0.1) is 0 Å². The quantitative estimate of drug-likeness (QED) is 0.669. The summed E-state index contributed by atoms with van der Waals surface area (Å²) in [6.07, 6.45) is 0.